The van der Waals surface area contributed by atoms with Gasteiger partial charge in [0.1, 0.15) is 0 Å². The minimum atomic E-state index is -0.0826. The molecule has 2 rings (SSSR count). The summed E-state index contributed by atoms with van der Waals surface area (Å²) in [6.45, 7) is 4.76. The van der Waals surface area contributed by atoms with Crippen molar-refractivity contribution in [1.29, 1.82) is 0 Å². The van der Waals surface area contributed by atoms with Gasteiger partial charge < -0.3 is 10.6 Å². The average molecular weight is 232 g/mol. The Labute approximate surface area is 103 Å². The van der Waals surface area contributed by atoms with Crippen LogP contribution in [0.4, 0.5) is 4.79 Å². The molecule has 2 N–H and O–H groups in total. The van der Waals surface area contributed by atoms with Gasteiger partial charge in [0, 0.05) is 12.1 Å². The Bertz CT molecular complexity index is 382. The second kappa shape index (κ2) is 4.78. The third-order valence-electron chi connectivity index (χ3n) is 3.33. The van der Waals surface area contributed by atoms with Crippen molar-refractivity contribution in [3.05, 3.63) is 35.9 Å². The highest BCUT2D eigenvalue weighted by Crippen LogP contribution is 2.39. The van der Waals surface area contributed by atoms with Gasteiger partial charge in [-0.1, -0.05) is 30.3 Å². The zero-order valence-electron chi connectivity index (χ0n) is 10.5. The van der Waals surface area contributed by atoms with Crippen LogP contribution in [0.1, 0.15) is 32.3 Å². The highest BCUT2D eigenvalue weighted by Gasteiger charge is 2.38. The lowest BCUT2D eigenvalue weighted by atomic mass is 9.99. The molecular weight excluding hydrogens is 212 g/mol. The summed E-state index contributed by atoms with van der Waals surface area (Å²) in [7, 11) is 0. The summed E-state index contributed by atoms with van der Waals surface area (Å²) in [6.07, 6.45) is 2.46. The maximum absolute atomic E-state index is 11.7. The number of carbonyl (C=O) groups is 1. The predicted molar refractivity (Wildman–Crippen MR) is 68.6 cm³/mol. The number of hydrogen-bond acceptors (Lipinski definition) is 1. The topological polar surface area (TPSA) is 41.1 Å². The molecule has 0 unspecified atom stereocenters. The van der Waals surface area contributed by atoms with Crippen LogP contribution >= 0.6 is 0 Å². The number of amides is 2. The molecule has 3 nitrogen and oxygen atoms in total. The average Bonchev–Trinajstić information content (AvgIpc) is 3.11. The number of rotatable bonds is 4. The van der Waals surface area contributed by atoms with Crippen molar-refractivity contribution in [2.75, 3.05) is 0 Å². The number of benzene rings is 1. The molecule has 0 atom stereocenters. The van der Waals surface area contributed by atoms with Crippen LogP contribution in [0.2, 0.25) is 0 Å². The SMILES string of the molecule is CC(C)(NC(=O)NCc1ccccc1)C1CC1. The van der Waals surface area contributed by atoms with Crippen LogP contribution in [-0.4, -0.2) is 11.6 Å². The van der Waals surface area contributed by atoms with E-state index in [9.17, 15) is 4.79 Å². The van der Waals surface area contributed by atoms with Crippen molar-refractivity contribution >= 4 is 6.03 Å². The van der Waals surface area contributed by atoms with Gasteiger partial charge in [-0.25, -0.2) is 4.79 Å². The number of urea groups is 1. The summed E-state index contributed by atoms with van der Waals surface area (Å²) in [5.74, 6) is 0.643. The largest absolute Gasteiger partial charge is 0.334 e. The van der Waals surface area contributed by atoms with Gasteiger partial charge in [0.15, 0.2) is 0 Å². The quantitative estimate of drug-likeness (QED) is 0.823. The molecule has 1 fully saturated rings. The fourth-order valence-corrected chi connectivity index (χ4v) is 2.02. The zero-order valence-corrected chi connectivity index (χ0v) is 10.5. The van der Waals surface area contributed by atoms with E-state index in [0.717, 1.165) is 5.56 Å². The first-order valence-corrected chi connectivity index (χ1v) is 6.18. The molecule has 92 valence electrons. The molecule has 1 aliphatic carbocycles. The molecule has 0 spiro atoms. The molecule has 0 aliphatic heterocycles. The molecular formula is C14H20N2O. The van der Waals surface area contributed by atoms with Gasteiger partial charge in [-0.05, 0) is 38.2 Å². The number of nitrogens with one attached hydrogen (secondary N) is 2. The Morgan fingerprint density at radius 1 is 1.29 bits per heavy atom. The first-order chi connectivity index (χ1) is 8.08. The van der Waals surface area contributed by atoms with Gasteiger partial charge in [0.25, 0.3) is 0 Å². The summed E-state index contributed by atoms with van der Waals surface area (Å²) in [4.78, 5) is 11.7. The predicted octanol–water partition coefficient (Wildman–Crippen LogP) is 2.67. The highest BCUT2D eigenvalue weighted by atomic mass is 16.2. The fourth-order valence-electron chi connectivity index (χ4n) is 2.02. The van der Waals surface area contributed by atoms with Crippen LogP contribution in [0.3, 0.4) is 0 Å². The lowest BCUT2D eigenvalue weighted by Gasteiger charge is -2.26. The van der Waals surface area contributed by atoms with E-state index in [1.807, 2.05) is 30.3 Å². The maximum Gasteiger partial charge on any atom is 0.315 e. The van der Waals surface area contributed by atoms with Gasteiger partial charge in [-0.15, -0.1) is 0 Å². The van der Waals surface area contributed by atoms with Crippen LogP contribution in [0.25, 0.3) is 0 Å². The minimum Gasteiger partial charge on any atom is -0.334 e. The molecule has 17 heavy (non-hydrogen) atoms. The zero-order chi connectivity index (χ0) is 12.3. The lowest BCUT2D eigenvalue weighted by molar-refractivity contribution is 0.225. The Morgan fingerprint density at radius 3 is 2.53 bits per heavy atom. The van der Waals surface area contributed by atoms with Crippen LogP contribution in [0, 0.1) is 5.92 Å². The summed E-state index contributed by atoms with van der Waals surface area (Å²) in [6, 6.07) is 9.86. The summed E-state index contributed by atoms with van der Waals surface area (Å²) in [5.41, 5.74) is 1.03. The van der Waals surface area contributed by atoms with Gasteiger partial charge in [0.2, 0.25) is 0 Å². The minimum absolute atomic E-state index is 0.0780. The van der Waals surface area contributed by atoms with Crippen LogP contribution < -0.4 is 10.6 Å². The van der Waals surface area contributed by atoms with E-state index >= 15 is 0 Å². The van der Waals surface area contributed by atoms with Gasteiger partial charge in [-0.3, -0.25) is 0 Å². The van der Waals surface area contributed by atoms with E-state index in [1.165, 1.54) is 12.8 Å². The summed E-state index contributed by atoms with van der Waals surface area (Å²) >= 11 is 0. The molecule has 0 aromatic heterocycles. The Hall–Kier alpha value is -1.51. The molecule has 1 aromatic carbocycles. The first-order valence-electron chi connectivity index (χ1n) is 6.18. The molecule has 3 heteroatoms. The maximum atomic E-state index is 11.7. The molecule has 2 amide bonds. The van der Waals surface area contributed by atoms with Crippen molar-refractivity contribution in [3.8, 4) is 0 Å². The molecule has 0 bridgehead atoms. The van der Waals surface area contributed by atoms with Crippen molar-refractivity contribution in [1.82, 2.24) is 10.6 Å². The van der Waals surface area contributed by atoms with Crippen LogP contribution in [-0.2, 0) is 6.54 Å². The van der Waals surface area contributed by atoms with E-state index in [-0.39, 0.29) is 11.6 Å². The number of carbonyl (C=O) groups excluding carboxylic acids is 1. The third-order valence-corrected chi connectivity index (χ3v) is 3.33. The van der Waals surface area contributed by atoms with E-state index in [1.54, 1.807) is 0 Å². The Morgan fingerprint density at radius 2 is 1.94 bits per heavy atom. The van der Waals surface area contributed by atoms with Gasteiger partial charge in [0.05, 0.1) is 0 Å². The van der Waals surface area contributed by atoms with E-state index in [2.05, 4.69) is 24.5 Å². The smallest absolute Gasteiger partial charge is 0.315 e. The molecule has 0 saturated heterocycles. The van der Waals surface area contributed by atoms with Crippen molar-refractivity contribution in [2.45, 2.75) is 38.8 Å². The normalized spacial score (nSPS) is 15.4. The fraction of sp³-hybridized carbons (Fsp3) is 0.500. The monoisotopic (exact) mass is 232 g/mol. The standard InChI is InChI=1S/C14H20N2O/c1-14(2,12-8-9-12)16-13(17)15-10-11-6-4-3-5-7-11/h3-7,12H,8-10H2,1-2H3,(H2,15,16,17). The molecule has 1 saturated carbocycles. The highest BCUT2D eigenvalue weighted by molar-refractivity contribution is 5.74. The molecule has 0 heterocycles. The van der Waals surface area contributed by atoms with Gasteiger partial charge in [-0.2, -0.15) is 0 Å². The van der Waals surface area contributed by atoms with Crippen LogP contribution in [0.15, 0.2) is 30.3 Å². The van der Waals surface area contributed by atoms with E-state index in [0.29, 0.717) is 12.5 Å². The second-order valence-electron chi connectivity index (χ2n) is 5.29. The van der Waals surface area contributed by atoms with Crippen LogP contribution in [0.5, 0.6) is 0 Å². The first kappa shape index (κ1) is 12.0. The molecule has 0 radical (unpaired) electrons. The van der Waals surface area contributed by atoms with E-state index < -0.39 is 0 Å². The third kappa shape index (κ3) is 3.48. The number of hydrogen-bond donors (Lipinski definition) is 2. The molecule has 1 aliphatic rings. The van der Waals surface area contributed by atoms with Crippen molar-refractivity contribution < 1.29 is 4.79 Å². The summed E-state index contributed by atoms with van der Waals surface area (Å²) in [5, 5.41) is 5.93. The van der Waals surface area contributed by atoms with E-state index in [4.69, 9.17) is 0 Å². The molecule has 1 aromatic rings. The van der Waals surface area contributed by atoms with Crippen molar-refractivity contribution in [2.24, 2.45) is 5.92 Å². The Kier molecular flexibility index (Phi) is 3.36. The Balaban J connectivity index is 1.78. The summed E-state index contributed by atoms with van der Waals surface area (Å²) < 4.78 is 0. The lowest BCUT2D eigenvalue weighted by Crippen LogP contribution is -2.49. The second-order valence-corrected chi connectivity index (χ2v) is 5.29. The van der Waals surface area contributed by atoms with Gasteiger partial charge >= 0.3 is 6.03 Å². The van der Waals surface area contributed by atoms with Crippen molar-refractivity contribution in [3.63, 3.8) is 0 Å².